The van der Waals surface area contributed by atoms with Crippen LogP contribution < -0.4 is 10.9 Å². The van der Waals surface area contributed by atoms with E-state index < -0.39 is 0 Å². The molecule has 7 heteroatoms. The second kappa shape index (κ2) is 8.14. The Morgan fingerprint density at radius 2 is 2.00 bits per heavy atom. The lowest BCUT2D eigenvalue weighted by atomic mass is 10.3. The van der Waals surface area contributed by atoms with Crippen molar-refractivity contribution in [2.45, 2.75) is 31.5 Å². The second-order valence-corrected chi connectivity index (χ2v) is 6.85. The number of fused-ring (bicyclic) bond motifs is 1. The molecule has 1 amide bonds. The van der Waals surface area contributed by atoms with Gasteiger partial charge in [0, 0.05) is 12.2 Å². The highest BCUT2D eigenvalue weighted by Gasteiger charge is 2.15. The van der Waals surface area contributed by atoms with E-state index in [0.29, 0.717) is 21.9 Å². The van der Waals surface area contributed by atoms with E-state index in [0.717, 1.165) is 6.42 Å². The lowest BCUT2D eigenvalue weighted by molar-refractivity contribution is -0.119. The van der Waals surface area contributed by atoms with Crippen LogP contribution in [0, 0.1) is 0 Å². The summed E-state index contributed by atoms with van der Waals surface area (Å²) in [4.78, 5) is 33.8. The van der Waals surface area contributed by atoms with Gasteiger partial charge in [-0.2, -0.15) is 0 Å². The number of hydrogen-bond donors (Lipinski definition) is 1. The molecule has 3 aromatic rings. The van der Waals surface area contributed by atoms with Gasteiger partial charge in [0.1, 0.15) is 0 Å². The monoisotopic (exact) mass is 368 g/mol. The van der Waals surface area contributed by atoms with Crippen molar-refractivity contribution in [3.63, 3.8) is 0 Å². The lowest BCUT2D eigenvalue weighted by Gasteiger charge is -2.14. The average molecular weight is 368 g/mol. The third-order valence-electron chi connectivity index (χ3n) is 3.98. The largest absolute Gasteiger partial charge is 0.353 e. The molecule has 26 heavy (non-hydrogen) atoms. The van der Waals surface area contributed by atoms with Crippen LogP contribution in [-0.4, -0.2) is 32.2 Å². The zero-order valence-corrected chi connectivity index (χ0v) is 15.5. The van der Waals surface area contributed by atoms with Crippen LogP contribution in [0.5, 0.6) is 0 Å². The number of thioether (sulfide) groups is 1. The Labute approximate surface area is 155 Å². The summed E-state index contributed by atoms with van der Waals surface area (Å²) in [6.45, 7) is 3.97. The highest BCUT2D eigenvalue weighted by molar-refractivity contribution is 7.99. The Kier molecular flexibility index (Phi) is 5.68. The van der Waals surface area contributed by atoms with Gasteiger partial charge in [-0.3, -0.25) is 14.2 Å². The van der Waals surface area contributed by atoms with Gasteiger partial charge in [0.15, 0.2) is 10.8 Å². The van der Waals surface area contributed by atoms with Gasteiger partial charge in [-0.25, -0.2) is 9.97 Å². The minimum atomic E-state index is -0.195. The molecule has 0 saturated carbocycles. The molecule has 2 heterocycles. The van der Waals surface area contributed by atoms with Crippen LogP contribution in [0.25, 0.3) is 16.7 Å². The maximum Gasteiger partial charge on any atom is 0.268 e. The van der Waals surface area contributed by atoms with Gasteiger partial charge in [0.25, 0.3) is 5.56 Å². The van der Waals surface area contributed by atoms with E-state index >= 15 is 0 Å². The molecule has 0 saturated heterocycles. The van der Waals surface area contributed by atoms with Crippen molar-refractivity contribution in [2.24, 2.45) is 0 Å². The van der Waals surface area contributed by atoms with E-state index in [2.05, 4.69) is 15.3 Å². The number of amides is 1. The van der Waals surface area contributed by atoms with E-state index in [1.165, 1.54) is 16.3 Å². The van der Waals surface area contributed by atoms with Crippen molar-refractivity contribution in [3.05, 3.63) is 59.0 Å². The van der Waals surface area contributed by atoms with Gasteiger partial charge in [0.05, 0.1) is 16.8 Å². The highest BCUT2D eigenvalue weighted by atomic mass is 32.2. The van der Waals surface area contributed by atoms with Gasteiger partial charge < -0.3 is 5.32 Å². The van der Waals surface area contributed by atoms with Gasteiger partial charge in [-0.1, -0.05) is 36.9 Å². The van der Waals surface area contributed by atoms with Crippen molar-refractivity contribution < 1.29 is 4.79 Å². The zero-order chi connectivity index (χ0) is 18.5. The number of hydrogen-bond acceptors (Lipinski definition) is 5. The number of para-hydroxylation sites is 1. The number of benzene rings is 1. The normalized spacial score (nSPS) is 12.1. The molecule has 2 aromatic heterocycles. The Bertz CT molecular complexity index is 972. The molecule has 1 N–H and O–H groups in total. The van der Waals surface area contributed by atoms with Crippen LogP contribution >= 0.6 is 11.8 Å². The number of nitrogens with one attached hydrogen (secondary N) is 1. The Hall–Kier alpha value is -2.67. The fourth-order valence-corrected chi connectivity index (χ4v) is 3.26. The molecule has 0 bridgehead atoms. The first-order valence-corrected chi connectivity index (χ1v) is 9.44. The van der Waals surface area contributed by atoms with Crippen LogP contribution in [0.15, 0.2) is 58.6 Å². The topological polar surface area (TPSA) is 76.9 Å². The van der Waals surface area contributed by atoms with E-state index in [1.54, 1.807) is 18.3 Å². The predicted molar refractivity (Wildman–Crippen MR) is 104 cm³/mol. The van der Waals surface area contributed by atoms with Crippen molar-refractivity contribution in [3.8, 4) is 5.69 Å². The summed E-state index contributed by atoms with van der Waals surface area (Å²) in [5, 5.41) is 3.82. The Balaban J connectivity index is 2.00. The second-order valence-electron chi connectivity index (χ2n) is 5.91. The molecule has 1 aromatic carbocycles. The standard InChI is InChI=1S/C19H20N4O2S/c1-3-13(2)21-16(24)12-26-19-22-17-15(10-7-11-20-17)18(25)23(19)14-8-5-4-6-9-14/h4-11,13H,3,12H2,1-2H3,(H,21,24)/t13-/m0/s1. The number of pyridine rings is 1. The maximum absolute atomic E-state index is 13.0. The van der Waals surface area contributed by atoms with Crippen molar-refractivity contribution in [2.75, 3.05) is 5.75 Å². The molecule has 6 nitrogen and oxygen atoms in total. The quantitative estimate of drug-likeness (QED) is 0.535. The maximum atomic E-state index is 13.0. The van der Waals surface area contributed by atoms with Crippen LogP contribution in [0.1, 0.15) is 20.3 Å². The number of carbonyl (C=O) groups excluding carboxylic acids is 1. The third-order valence-corrected chi connectivity index (χ3v) is 4.92. The molecule has 0 aliphatic carbocycles. The molecule has 0 aliphatic heterocycles. The molecule has 1 atom stereocenters. The number of carbonyl (C=O) groups is 1. The molecule has 3 rings (SSSR count). The summed E-state index contributed by atoms with van der Waals surface area (Å²) in [7, 11) is 0. The summed E-state index contributed by atoms with van der Waals surface area (Å²) >= 11 is 1.23. The molecular weight excluding hydrogens is 348 g/mol. The smallest absolute Gasteiger partial charge is 0.268 e. The fourth-order valence-electron chi connectivity index (χ4n) is 2.45. The van der Waals surface area contributed by atoms with Crippen molar-refractivity contribution in [1.82, 2.24) is 19.9 Å². The van der Waals surface area contributed by atoms with Crippen LogP contribution in [0.3, 0.4) is 0 Å². The zero-order valence-electron chi connectivity index (χ0n) is 14.7. The minimum absolute atomic E-state index is 0.0840. The Morgan fingerprint density at radius 1 is 1.23 bits per heavy atom. The molecule has 0 radical (unpaired) electrons. The van der Waals surface area contributed by atoms with E-state index in [4.69, 9.17) is 0 Å². The van der Waals surface area contributed by atoms with Crippen molar-refractivity contribution in [1.29, 1.82) is 0 Å². The third kappa shape index (κ3) is 3.94. The number of rotatable bonds is 6. The summed E-state index contributed by atoms with van der Waals surface area (Å²) in [5.74, 6) is 0.0985. The fraction of sp³-hybridized carbons (Fsp3) is 0.263. The minimum Gasteiger partial charge on any atom is -0.353 e. The van der Waals surface area contributed by atoms with Crippen molar-refractivity contribution >= 4 is 28.7 Å². The summed E-state index contributed by atoms with van der Waals surface area (Å²) in [6, 6.07) is 12.8. The first kappa shape index (κ1) is 18.1. The summed E-state index contributed by atoms with van der Waals surface area (Å²) in [5.41, 5.74) is 0.897. The van der Waals surface area contributed by atoms with Crippen LogP contribution in [-0.2, 0) is 4.79 Å². The van der Waals surface area contributed by atoms with E-state index in [1.807, 2.05) is 44.2 Å². The van der Waals surface area contributed by atoms with Crippen LogP contribution in [0.2, 0.25) is 0 Å². The lowest BCUT2D eigenvalue weighted by Crippen LogP contribution is -2.33. The molecule has 0 aliphatic rings. The molecule has 0 spiro atoms. The van der Waals surface area contributed by atoms with Gasteiger partial charge >= 0.3 is 0 Å². The van der Waals surface area contributed by atoms with Gasteiger partial charge in [0.2, 0.25) is 5.91 Å². The van der Waals surface area contributed by atoms with Crippen LogP contribution in [0.4, 0.5) is 0 Å². The SMILES string of the molecule is CC[C@H](C)NC(=O)CSc1nc2ncccc2c(=O)n1-c1ccccc1. The first-order valence-electron chi connectivity index (χ1n) is 8.45. The Morgan fingerprint density at radius 3 is 2.73 bits per heavy atom. The average Bonchev–Trinajstić information content (AvgIpc) is 2.67. The molecule has 134 valence electrons. The first-order chi connectivity index (χ1) is 12.6. The summed E-state index contributed by atoms with van der Waals surface area (Å²) < 4.78 is 1.53. The number of nitrogens with zero attached hydrogens (tertiary/aromatic N) is 3. The molecular formula is C19H20N4O2S. The van der Waals surface area contributed by atoms with Gasteiger partial charge in [-0.05, 0) is 37.6 Å². The molecule has 0 unspecified atom stereocenters. The van der Waals surface area contributed by atoms with E-state index in [9.17, 15) is 9.59 Å². The molecule has 0 fully saturated rings. The predicted octanol–water partition coefficient (Wildman–Crippen LogP) is 2.79. The highest BCUT2D eigenvalue weighted by Crippen LogP contribution is 2.20. The van der Waals surface area contributed by atoms with E-state index in [-0.39, 0.29) is 23.3 Å². The number of aromatic nitrogens is 3. The van der Waals surface area contributed by atoms with Gasteiger partial charge in [-0.15, -0.1) is 0 Å². The summed E-state index contributed by atoms with van der Waals surface area (Å²) in [6.07, 6.45) is 2.47.